The maximum Gasteiger partial charge on any atom is 0.317 e. The molecule has 20 heavy (non-hydrogen) atoms. The van der Waals surface area contributed by atoms with E-state index in [1.807, 2.05) is 0 Å². The van der Waals surface area contributed by atoms with Gasteiger partial charge < -0.3 is 15.3 Å². The molecule has 0 spiro atoms. The summed E-state index contributed by atoms with van der Waals surface area (Å²) in [6.45, 7) is 1.83. The molecule has 1 aliphatic rings. The highest BCUT2D eigenvalue weighted by Crippen LogP contribution is 2.21. The number of rotatable bonds is 5. The Kier molecular flexibility index (Phi) is 4.97. The van der Waals surface area contributed by atoms with Gasteiger partial charge in [0.05, 0.1) is 6.20 Å². The van der Waals surface area contributed by atoms with Crippen molar-refractivity contribution in [2.24, 2.45) is 5.92 Å². The molecule has 1 saturated heterocycles. The molecular formula is C13H20N4O3. The third kappa shape index (κ3) is 4.25. The van der Waals surface area contributed by atoms with Crippen molar-refractivity contribution in [3.8, 4) is 0 Å². The average Bonchev–Trinajstić information content (AvgIpc) is 2.96. The molecule has 2 amide bonds. The van der Waals surface area contributed by atoms with Crippen molar-refractivity contribution in [3.63, 3.8) is 0 Å². The van der Waals surface area contributed by atoms with Crippen molar-refractivity contribution in [3.05, 3.63) is 18.0 Å². The monoisotopic (exact) mass is 280 g/mol. The third-order valence-electron chi connectivity index (χ3n) is 3.57. The van der Waals surface area contributed by atoms with Crippen molar-refractivity contribution < 1.29 is 14.7 Å². The Morgan fingerprint density at radius 1 is 1.55 bits per heavy atom. The second-order valence-corrected chi connectivity index (χ2v) is 5.15. The maximum absolute atomic E-state index is 12.0. The number of carbonyl (C=O) groups is 2. The normalized spacial score (nSPS) is 18.8. The summed E-state index contributed by atoms with van der Waals surface area (Å²) in [5.41, 5.74) is 0.929. The molecule has 0 bridgehead atoms. The summed E-state index contributed by atoms with van der Waals surface area (Å²) in [5, 5.41) is 18.1. The van der Waals surface area contributed by atoms with Gasteiger partial charge in [-0.15, -0.1) is 0 Å². The Labute approximate surface area is 117 Å². The Balaban J connectivity index is 1.76. The highest BCUT2D eigenvalue weighted by Gasteiger charge is 2.23. The van der Waals surface area contributed by atoms with Gasteiger partial charge in [-0.05, 0) is 25.2 Å². The fraction of sp³-hybridized carbons (Fsp3) is 0.615. The summed E-state index contributed by atoms with van der Waals surface area (Å²) in [6, 6.07) is -0.0915. The van der Waals surface area contributed by atoms with Gasteiger partial charge in [-0.1, -0.05) is 0 Å². The van der Waals surface area contributed by atoms with Gasteiger partial charge in [0.1, 0.15) is 0 Å². The predicted octanol–water partition coefficient (Wildman–Crippen LogP) is 1.20. The zero-order chi connectivity index (χ0) is 14.4. The largest absolute Gasteiger partial charge is 0.481 e. The Bertz CT molecular complexity index is 446. The number of aliphatic carboxylic acids is 1. The Morgan fingerprint density at radius 3 is 3.10 bits per heavy atom. The third-order valence-corrected chi connectivity index (χ3v) is 3.57. The molecule has 0 aromatic carbocycles. The SMILES string of the molecule is O=C(O)CCC1CCCN(C(=O)NCc2cn[nH]c2)C1. The summed E-state index contributed by atoms with van der Waals surface area (Å²) in [5.74, 6) is -0.481. The molecule has 2 rings (SSSR count). The van der Waals surface area contributed by atoms with Crippen LogP contribution >= 0.6 is 0 Å². The van der Waals surface area contributed by atoms with E-state index in [0.717, 1.165) is 24.9 Å². The number of hydrogen-bond donors (Lipinski definition) is 3. The topological polar surface area (TPSA) is 98.3 Å². The number of carboxylic acid groups (broad SMARTS) is 1. The second-order valence-electron chi connectivity index (χ2n) is 5.15. The maximum atomic E-state index is 12.0. The van der Waals surface area contributed by atoms with Gasteiger partial charge in [-0.25, -0.2) is 4.79 Å². The zero-order valence-corrected chi connectivity index (χ0v) is 11.3. The van der Waals surface area contributed by atoms with Crippen LogP contribution in [0.2, 0.25) is 0 Å². The molecule has 1 atom stereocenters. The quantitative estimate of drug-likeness (QED) is 0.754. The number of nitrogens with one attached hydrogen (secondary N) is 2. The van der Waals surface area contributed by atoms with Crippen LogP contribution in [0.5, 0.6) is 0 Å². The molecule has 0 radical (unpaired) electrons. The Morgan fingerprint density at radius 2 is 2.40 bits per heavy atom. The first-order chi connectivity index (χ1) is 9.65. The van der Waals surface area contributed by atoms with Crippen LogP contribution in [0.25, 0.3) is 0 Å². The Hall–Kier alpha value is -2.05. The fourth-order valence-electron chi connectivity index (χ4n) is 2.48. The molecule has 2 heterocycles. The highest BCUT2D eigenvalue weighted by atomic mass is 16.4. The van der Waals surface area contributed by atoms with E-state index < -0.39 is 5.97 Å². The highest BCUT2D eigenvalue weighted by molar-refractivity contribution is 5.74. The molecule has 7 nitrogen and oxygen atoms in total. The number of amides is 2. The summed E-state index contributed by atoms with van der Waals surface area (Å²) in [6.07, 6.45) is 6.16. The lowest BCUT2D eigenvalue weighted by Gasteiger charge is -2.32. The summed E-state index contributed by atoms with van der Waals surface area (Å²) >= 11 is 0. The number of piperidine rings is 1. The lowest BCUT2D eigenvalue weighted by Crippen LogP contribution is -2.45. The van der Waals surface area contributed by atoms with Gasteiger partial charge in [-0.3, -0.25) is 9.89 Å². The molecule has 110 valence electrons. The number of hydrogen-bond acceptors (Lipinski definition) is 3. The van der Waals surface area contributed by atoms with Gasteiger partial charge in [0, 0.05) is 37.8 Å². The molecule has 1 aliphatic heterocycles. The molecule has 0 aliphatic carbocycles. The van der Waals surface area contributed by atoms with Crippen LogP contribution in [0.3, 0.4) is 0 Å². The van der Waals surface area contributed by atoms with E-state index >= 15 is 0 Å². The minimum absolute atomic E-state index is 0.0915. The fourth-order valence-corrected chi connectivity index (χ4v) is 2.48. The number of carboxylic acids is 1. The van der Waals surface area contributed by atoms with Gasteiger partial charge in [0.2, 0.25) is 0 Å². The van der Waals surface area contributed by atoms with E-state index in [1.54, 1.807) is 17.3 Å². The minimum atomic E-state index is -0.772. The summed E-state index contributed by atoms with van der Waals surface area (Å²) in [4.78, 5) is 24.4. The van der Waals surface area contributed by atoms with Crippen molar-refractivity contribution in [1.29, 1.82) is 0 Å². The minimum Gasteiger partial charge on any atom is -0.481 e. The molecule has 7 heteroatoms. The first kappa shape index (κ1) is 14.4. The van der Waals surface area contributed by atoms with Crippen molar-refractivity contribution in [2.75, 3.05) is 13.1 Å². The van der Waals surface area contributed by atoms with E-state index in [-0.39, 0.29) is 12.5 Å². The average molecular weight is 280 g/mol. The number of likely N-dealkylation sites (tertiary alicyclic amines) is 1. The molecule has 1 unspecified atom stereocenters. The molecular weight excluding hydrogens is 260 g/mol. The van der Waals surface area contributed by atoms with Crippen LogP contribution < -0.4 is 5.32 Å². The predicted molar refractivity (Wildman–Crippen MR) is 72.0 cm³/mol. The number of H-pyrrole nitrogens is 1. The molecule has 0 saturated carbocycles. The van der Waals surface area contributed by atoms with Crippen LogP contribution in [-0.2, 0) is 11.3 Å². The number of carbonyl (C=O) groups excluding carboxylic acids is 1. The van der Waals surface area contributed by atoms with Crippen LogP contribution in [0, 0.1) is 5.92 Å². The number of nitrogens with zero attached hydrogens (tertiary/aromatic N) is 2. The summed E-state index contributed by atoms with van der Waals surface area (Å²) in [7, 11) is 0. The number of urea groups is 1. The lowest BCUT2D eigenvalue weighted by molar-refractivity contribution is -0.137. The standard InChI is InChI=1S/C13H20N4O3/c18-12(19)4-3-10-2-1-5-17(9-10)13(20)14-6-11-7-15-16-8-11/h7-8,10H,1-6,9H2,(H,14,20)(H,15,16)(H,18,19). The number of aromatic nitrogens is 2. The van der Waals surface area contributed by atoms with E-state index in [4.69, 9.17) is 5.11 Å². The van der Waals surface area contributed by atoms with Gasteiger partial charge in [0.25, 0.3) is 0 Å². The summed E-state index contributed by atoms with van der Waals surface area (Å²) < 4.78 is 0. The van der Waals surface area contributed by atoms with Crippen molar-refractivity contribution >= 4 is 12.0 Å². The van der Waals surface area contributed by atoms with Crippen LogP contribution in [0.15, 0.2) is 12.4 Å². The van der Waals surface area contributed by atoms with Gasteiger partial charge in [0.15, 0.2) is 0 Å². The van der Waals surface area contributed by atoms with Gasteiger partial charge >= 0.3 is 12.0 Å². The molecule has 3 N–H and O–H groups in total. The smallest absolute Gasteiger partial charge is 0.317 e. The van der Waals surface area contributed by atoms with Crippen LogP contribution in [0.1, 0.15) is 31.2 Å². The van der Waals surface area contributed by atoms with Crippen molar-refractivity contribution in [1.82, 2.24) is 20.4 Å². The van der Waals surface area contributed by atoms with E-state index in [9.17, 15) is 9.59 Å². The van der Waals surface area contributed by atoms with Crippen molar-refractivity contribution in [2.45, 2.75) is 32.2 Å². The zero-order valence-electron chi connectivity index (χ0n) is 11.3. The molecule has 1 aromatic rings. The van der Waals surface area contributed by atoms with Crippen LogP contribution in [-0.4, -0.2) is 45.3 Å². The second kappa shape index (κ2) is 6.93. The first-order valence-electron chi connectivity index (χ1n) is 6.87. The number of aromatic amines is 1. The van der Waals surface area contributed by atoms with Gasteiger partial charge in [-0.2, -0.15) is 5.10 Å². The molecule has 1 fully saturated rings. The van der Waals surface area contributed by atoms with E-state index in [0.29, 0.717) is 25.4 Å². The molecule has 1 aromatic heterocycles. The van der Waals surface area contributed by atoms with E-state index in [1.165, 1.54) is 0 Å². The van der Waals surface area contributed by atoms with Crippen LogP contribution in [0.4, 0.5) is 4.79 Å². The lowest BCUT2D eigenvalue weighted by atomic mass is 9.93. The first-order valence-corrected chi connectivity index (χ1v) is 6.87. The van der Waals surface area contributed by atoms with E-state index in [2.05, 4.69) is 15.5 Å².